The van der Waals surface area contributed by atoms with E-state index in [0.29, 0.717) is 13.0 Å². The van der Waals surface area contributed by atoms with Crippen LogP contribution in [0.5, 0.6) is 0 Å². The van der Waals surface area contributed by atoms with Gasteiger partial charge in [-0.15, -0.1) is 0 Å². The highest BCUT2D eigenvalue weighted by Gasteiger charge is 2.58. The SMILES string of the molecule is FC1(F)CCOCC12CCN2. The maximum absolute atomic E-state index is 13.2. The molecule has 1 N–H and O–H groups in total. The maximum Gasteiger partial charge on any atom is 0.270 e. The van der Waals surface area contributed by atoms with Crippen molar-refractivity contribution in [1.29, 1.82) is 0 Å². The summed E-state index contributed by atoms with van der Waals surface area (Å²) in [6.45, 7) is 1.05. The predicted molar refractivity (Wildman–Crippen MR) is 35.7 cm³/mol. The number of nitrogens with one attached hydrogen (secondary N) is 1. The van der Waals surface area contributed by atoms with Crippen LogP contribution >= 0.6 is 0 Å². The zero-order chi connectivity index (χ0) is 7.95. The molecule has 2 nitrogen and oxygen atoms in total. The molecule has 2 heterocycles. The van der Waals surface area contributed by atoms with Gasteiger partial charge in [0.1, 0.15) is 5.54 Å². The van der Waals surface area contributed by atoms with Gasteiger partial charge in [0.05, 0.1) is 13.2 Å². The lowest BCUT2D eigenvalue weighted by Crippen LogP contribution is -2.71. The van der Waals surface area contributed by atoms with Gasteiger partial charge in [-0.2, -0.15) is 0 Å². The summed E-state index contributed by atoms with van der Waals surface area (Å²) in [6.07, 6.45) is 0.403. The Morgan fingerprint density at radius 3 is 2.36 bits per heavy atom. The number of alkyl halides is 2. The van der Waals surface area contributed by atoms with Crippen LogP contribution in [0, 0.1) is 0 Å². The highest BCUT2D eigenvalue weighted by Crippen LogP contribution is 2.41. The van der Waals surface area contributed by atoms with Crippen LogP contribution in [0.1, 0.15) is 12.8 Å². The normalized spacial score (nSPS) is 42.0. The summed E-state index contributed by atoms with van der Waals surface area (Å²) in [4.78, 5) is 0. The van der Waals surface area contributed by atoms with E-state index in [1.54, 1.807) is 0 Å². The molecule has 2 aliphatic heterocycles. The van der Waals surface area contributed by atoms with Crippen molar-refractivity contribution in [3.8, 4) is 0 Å². The van der Waals surface area contributed by atoms with Crippen molar-refractivity contribution in [2.75, 3.05) is 19.8 Å². The molecule has 64 valence electrons. The molecule has 2 rings (SSSR count). The summed E-state index contributed by atoms with van der Waals surface area (Å²) in [7, 11) is 0. The van der Waals surface area contributed by atoms with E-state index < -0.39 is 11.5 Å². The third-order valence-corrected chi connectivity index (χ3v) is 2.62. The zero-order valence-electron chi connectivity index (χ0n) is 6.20. The molecule has 2 saturated heterocycles. The van der Waals surface area contributed by atoms with Gasteiger partial charge in [-0.05, 0) is 13.0 Å². The number of halogens is 2. The monoisotopic (exact) mass is 163 g/mol. The van der Waals surface area contributed by atoms with Crippen LogP contribution in [0.3, 0.4) is 0 Å². The molecular formula is C7H11F2NO. The Morgan fingerprint density at radius 2 is 2.00 bits per heavy atom. The van der Waals surface area contributed by atoms with E-state index in [9.17, 15) is 8.78 Å². The largest absolute Gasteiger partial charge is 0.379 e. The van der Waals surface area contributed by atoms with Crippen molar-refractivity contribution in [3.63, 3.8) is 0 Å². The minimum atomic E-state index is -2.57. The zero-order valence-corrected chi connectivity index (χ0v) is 6.20. The van der Waals surface area contributed by atoms with Gasteiger partial charge < -0.3 is 10.1 Å². The first-order chi connectivity index (χ1) is 5.16. The highest BCUT2D eigenvalue weighted by molar-refractivity contribution is 5.08. The molecule has 0 radical (unpaired) electrons. The molecule has 0 aromatic heterocycles. The lowest BCUT2D eigenvalue weighted by molar-refractivity contribution is -0.190. The Labute approximate surface area is 63.9 Å². The fraction of sp³-hybridized carbons (Fsp3) is 1.00. The second-order valence-corrected chi connectivity index (χ2v) is 3.27. The van der Waals surface area contributed by atoms with Gasteiger partial charge in [-0.1, -0.05) is 0 Å². The molecule has 0 bridgehead atoms. The second-order valence-electron chi connectivity index (χ2n) is 3.27. The number of hydrogen-bond acceptors (Lipinski definition) is 2. The Balaban J connectivity index is 2.15. The predicted octanol–water partition coefficient (Wildman–Crippen LogP) is 0.774. The van der Waals surface area contributed by atoms with E-state index in [1.807, 2.05) is 0 Å². The first kappa shape index (κ1) is 7.43. The summed E-state index contributed by atoms with van der Waals surface area (Å²) < 4.78 is 31.3. The fourth-order valence-electron chi connectivity index (χ4n) is 1.65. The van der Waals surface area contributed by atoms with Gasteiger partial charge in [0.2, 0.25) is 0 Å². The van der Waals surface area contributed by atoms with Crippen molar-refractivity contribution in [1.82, 2.24) is 5.32 Å². The molecule has 0 saturated carbocycles. The molecule has 4 heteroatoms. The molecule has 0 aromatic carbocycles. The van der Waals surface area contributed by atoms with E-state index in [4.69, 9.17) is 4.74 Å². The van der Waals surface area contributed by atoms with Crippen LogP contribution in [0.2, 0.25) is 0 Å². The van der Waals surface area contributed by atoms with E-state index >= 15 is 0 Å². The number of hydrogen-bond donors (Lipinski definition) is 1. The minimum absolute atomic E-state index is 0.139. The highest BCUT2D eigenvalue weighted by atomic mass is 19.3. The maximum atomic E-state index is 13.2. The lowest BCUT2D eigenvalue weighted by Gasteiger charge is -2.50. The minimum Gasteiger partial charge on any atom is -0.379 e. The number of rotatable bonds is 0. The first-order valence-electron chi connectivity index (χ1n) is 3.87. The summed E-state index contributed by atoms with van der Waals surface area (Å²) >= 11 is 0. The van der Waals surface area contributed by atoms with Crippen molar-refractivity contribution in [2.24, 2.45) is 0 Å². The first-order valence-corrected chi connectivity index (χ1v) is 3.87. The lowest BCUT2D eigenvalue weighted by atomic mass is 9.79. The molecule has 11 heavy (non-hydrogen) atoms. The van der Waals surface area contributed by atoms with Crippen molar-refractivity contribution in [3.05, 3.63) is 0 Å². The smallest absolute Gasteiger partial charge is 0.270 e. The van der Waals surface area contributed by atoms with Crippen LogP contribution in [0.4, 0.5) is 8.78 Å². The Kier molecular flexibility index (Phi) is 1.44. The Bertz CT molecular complexity index is 168. The van der Waals surface area contributed by atoms with Gasteiger partial charge in [0.15, 0.2) is 0 Å². The topological polar surface area (TPSA) is 21.3 Å². The standard InChI is InChI=1S/C7H11F2NO/c8-7(9)2-4-11-5-6(7)1-3-10-6/h10H,1-5H2. The molecular weight excluding hydrogens is 152 g/mol. The van der Waals surface area contributed by atoms with Gasteiger partial charge in [0, 0.05) is 6.42 Å². The molecule has 2 fully saturated rings. The molecule has 0 amide bonds. The van der Waals surface area contributed by atoms with Crippen LogP contribution in [0.25, 0.3) is 0 Å². The second kappa shape index (κ2) is 2.14. The van der Waals surface area contributed by atoms with E-state index in [1.165, 1.54) is 0 Å². The van der Waals surface area contributed by atoms with Gasteiger partial charge >= 0.3 is 0 Å². The molecule has 1 spiro atoms. The van der Waals surface area contributed by atoms with Crippen LogP contribution in [-0.2, 0) is 4.74 Å². The van der Waals surface area contributed by atoms with Crippen LogP contribution in [0.15, 0.2) is 0 Å². The van der Waals surface area contributed by atoms with E-state index in [-0.39, 0.29) is 19.6 Å². The molecule has 1 atom stereocenters. The third-order valence-electron chi connectivity index (χ3n) is 2.62. The Hall–Kier alpha value is -0.220. The number of ether oxygens (including phenoxy) is 1. The van der Waals surface area contributed by atoms with Crippen LogP contribution in [-0.4, -0.2) is 31.2 Å². The summed E-state index contributed by atoms with van der Waals surface area (Å²) in [5.74, 6) is -2.57. The van der Waals surface area contributed by atoms with E-state index in [0.717, 1.165) is 0 Å². The summed E-state index contributed by atoms with van der Waals surface area (Å²) in [5.41, 5.74) is -1.01. The summed E-state index contributed by atoms with van der Waals surface area (Å²) in [5, 5.41) is 2.78. The third kappa shape index (κ3) is 0.891. The van der Waals surface area contributed by atoms with E-state index in [2.05, 4.69) is 5.32 Å². The fourth-order valence-corrected chi connectivity index (χ4v) is 1.65. The van der Waals surface area contributed by atoms with Gasteiger partial charge in [0.25, 0.3) is 5.92 Å². The molecule has 2 aliphatic rings. The van der Waals surface area contributed by atoms with Crippen molar-refractivity contribution < 1.29 is 13.5 Å². The Morgan fingerprint density at radius 1 is 1.27 bits per heavy atom. The van der Waals surface area contributed by atoms with Crippen LogP contribution < -0.4 is 5.32 Å². The van der Waals surface area contributed by atoms with Crippen molar-refractivity contribution in [2.45, 2.75) is 24.3 Å². The molecule has 1 unspecified atom stereocenters. The van der Waals surface area contributed by atoms with Gasteiger partial charge in [-0.25, -0.2) is 8.78 Å². The van der Waals surface area contributed by atoms with Crippen molar-refractivity contribution >= 4 is 0 Å². The average molecular weight is 163 g/mol. The molecule has 0 aromatic rings. The summed E-state index contributed by atoms with van der Waals surface area (Å²) in [6, 6.07) is 0. The van der Waals surface area contributed by atoms with Gasteiger partial charge in [-0.3, -0.25) is 0 Å². The average Bonchev–Trinajstić information content (AvgIpc) is 1.83. The quantitative estimate of drug-likeness (QED) is 0.569. The molecule has 0 aliphatic carbocycles.